The van der Waals surface area contributed by atoms with Crippen LogP contribution in [0.2, 0.25) is 0 Å². The third-order valence-electron chi connectivity index (χ3n) is 2.92. The molecule has 23 heavy (non-hydrogen) atoms. The molecule has 2 aromatic carbocycles. The molecule has 0 fully saturated rings. The highest BCUT2D eigenvalue weighted by atomic mass is 32.1. The van der Waals surface area contributed by atoms with Crippen LogP contribution in [0.4, 0.5) is 4.39 Å². The quantitative estimate of drug-likeness (QED) is 0.483. The number of hydrogen-bond donors (Lipinski definition) is 2. The number of nitrogens with zero attached hydrogens (tertiary/aromatic N) is 1. The molecule has 0 saturated carbocycles. The fraction of sp³-hybridized carbons (Fsp3) is 0.125. The van der Waals surface area contributed by atoms with Crippen molar-refractivity contribution in [2.45, 2.75) is 6.61 Å². The molecule has 0 amide bonds. The molecule has 120 valence electrons. The van der Waals surface area contributed by atoms with Gasteiger partial charge in [0.05, 0.1) is 13.3 Å². The number of hydrazone groups is 1. The molecule has 7 heteroatoms. The highest BCUT2D eigenvalue weighted by molar-refractivity contribution is 7.80. The number of ether oxygens (including phenoxy) is 2. The van der Waals surface area contributed by atoms with E-state index < -0.39 is 0 Å². The van der Waals surface area contributed by atoms with Crippen LogP contribution in [-0.4, -0.2) is 18.4 Å². The van der Waals surface area contributed by atoms with Crippen LogP contribution in [0, 0.1) is 5.82 Å². The number of benzene rings is 2. The summed E-state index contributed by atoms with van der Waals surface area (Å²) in [6, 6.07) is 11.7. The normalized spacial score (nSPS) is 10.5. The third kappa shape index (κ3) is 4.93. The van der Waals surface area contributed by atoms with E-state index in [4.69, 9.17) is 15.2 Å². The summed E-state index contributed by atoms with van der Waals surface area (Å²) in [6.45, 7) is 0.111. The van der Waals surface area contributed by atoms with Crippen LogP contribution in [0.3, 0.4) is 0 Å². The Bertz CT molecular complexity index is 722. The molecule has 0 bridgehead atoms. The summed E-state index contributed by atoms with van der Waals surface area (Å²) < 4.78 is 24.5. The lowest BCUT2D eigenvalue weighted by atomic mass is 10.2. The lowest BCUT2D eigenvalue weighted by molar-refractivity contribution is 0.279. The summed E-state index contributed by atoms with van der Waals surface area (Å²) in [5.41, 5.74) is 8.98. The summed E-state index contributed by atoms with van der Waals surface area (Å²) in [4.78, 5) is 0. The van der Waals surface area contributed by atoms with Gasteiger partial charge in [0.15, 0.2) is 16.6 Å². The van der Waals surface area contributed by atoms with E-state index in [1.54, 1.807) is 42.6 Å². The van der Waals surface area contributed by atoms with Crippen LogP contribution in [0.25, 0.3) is 0 Å². The summed E-state index contributed by atoms with van der Waals surface area (Å²) in [5, 5.41) is 3.95. The topological polar surface area (TPSA) is 68.9 Å². The molecule has 0 atom stereocenters. The number of thiocarbonyl (C=S) groups is 1. The monoisotopic (exact) mass is 333 g/mol. The van der Waals surface area contributed by atoms with Crippen LogP contribution in [0.1, 0.15) is 11.1 Å². The molecule has 0 aromatic heterocycles. The van der Waals surface area contributed by atoms with E-state index >= 15 is 0 Å². The zero-order valence-electron chi connectivity index (χ0n) is 12.5. The molecule has 2 aromatic rings. The number of hydrogen-bond acceptors (Lipinski definition) is 4. The second kappa shape index (κ2) is 8.09. The van der Waals surface area contributed by atoms with E-state index in [-0.39, 0.29) is 17.5 Å². The fourth-order valence-electron chi connectivity index (χ4n) is 1.83. The third-order valence-corrected chi connectivity index (χ3v) is 3.01. The van der Waals surface area contributed by atoms with E-state index in [2.05, 4.69) is 22.7 Å². The van der Waals surface area contributed by atoms with Crippen LogP contribution in [0.5, 0.6) is 11.5 Å². The predicted octanol–water partition coefficient (Wildman–Crippen LogP) is 2.58. The molecule has 0 aliphatic carbocycles. The van der Waals surface area contributed by atoms with E-state index in [9.17, 15) is 4.39 Å². The maximum absolute atomic E-state index is 13.6. The minimum absolute atomic E-state index is 0.0815. The first-order chi connectivity index (χ1) is 11.1. The second-order valence-electron chi connectivity index (χ2n) is 4.52. The maximum atomic E-state index is 13.6. The van der Waals surface area contributed by atoms with Gasteiger partial charge in [0, 0.05) is 5.56 Å². The molecule has 0 spiro atoms. The standard InChI is InChI=1S/C16H16FN3O2S/c1-21-15-8-11(9-19-20-16(18)23)6-7-14(15)22-10-12-4-2-3-5-13(12)17/h2-9H,10H2,1H3,(H3,18,20,23)/b19-9+. The molecule has 3 N–H and O–H groups in total. The van der Waals surface area contributed by atoms with Gasteiger partial charge in [-0.1, -0.05) is 18.2 Å². The highest BCUT2D eigenvalue weighted by Crippen LogP contribution is 2.28. The molecule has 2 rings (SSSR count). The van der Waals surface area contributed by atoms with Crippen LogP contribution in [0.15, 0.2) is 47.6 Å². The number of methoxy groups -OCH3 is 1. The lowest BCUT2D eigenvalue weighted by Gasteiger charge is -2.11. The Labute approximate surface area is 138 Å². The van der Waals surface area contributed by atoms with Gasteiger partial charge in [-0.25, -0.2) is 4.39 Å². The van der Waals surface area contributed by atoms with Gasteiger partial charge in [-0.3, -0.25) is 5.43 Å². The number of halogens is 1. The van der Waals surface area contributed by atoms with Crippen molar-refractivity contribution in [3.8, 4) is 11.5 Å². The predicted molar refractivity (Wildman–Crippen MR) is 91.2 cm³/mol. The van der Waals surface area contributed by atoms with Gasteiger partial charge in [-0.15, -0.1) is 0 Å². The molecule has 0 heterocycles. The van der Waals surface area contributed by atoms with Gasteiger partial charge in [0.2, 0.25) is 0 Å². The van der Waals surface area contributed by atoms with Crippen molar-refractivity contribution in [3.63, 3.8) is 0 Å². The molecule has 0 radical (unpaired) electrons. The summed E-state index contributed by atoms with van der Waals surface area (Å²) in [7, 11) is 1.53. The average Bonchev–Trinajstić information content (AvgIpc) is 2.54. The maximum Gasteiger partial charge on any atom is 0.184 e. The van der Waals surface area contributed by atoms with E-state index in [0.717, 1.165) is 5.56 Å². The van der Waals surface area contributed by atoms with E-state index in [1.807, 2.05) is 0 Å². The zero-order valence-corrected chi connectivity index (χ0v) is 13.3. The van der Waals surface area contributed by atoms with Crippen molar-refractivity contribution in [1.82, 2.24) is 5.43 Å². The first-order valence-electron chi connectivity index (χ1n) is 6.73. The van der Waals surface area contributed by atoms with Gasteiger partial charge < -0.3 is 15.2 Å². The Balaban J connectivity index is 2.09. The number of nitrogens with two attached hydrogens (primary N) is 1. The lowest BCUT2D eigenvalue weighted by Crippen LogP contribution is -2.23. The first-order valence-corrected chi connectivity index (χ1v) is 7.13. The van der Waals surface area contributed by atoms with Gasteiger partial charge in [0.1, 0.15) is 12.4 Å². The molecular formula is C16H16FN3O2S. The van der Waals surface area contributed by atoms with Crippen LogP contribution in [-0.2, 0) is 6.61 Å². The molecule has 0 unspecified atom stereocenters. The van der Waals surface area contributed by atoms with Gasteiger partial charge >= 0.3 is 0 Å². The van der Waals surface area contributed by atoms with E-state index in [1.165, 1.54) is 13.2 Å². The van der Waals surface area contributed by atoms with E-state index in [0.29, 0.717) is 17.1 Å². The number of rotatable bonds is 6. The van der Waals surface area contributed by atoms with Gasteiger partial charge in [0.25, 0.3) is 0 Å². The summed E-state index contributed by atoms with van der Waals surface area (Å²) in [6.07, 6.45) is 1.54. The SMILES string of the molecule is COc1cc(/C=N/NC(N)=S)ccc1OCc1ccccc1F. The van der Waals surface area contributed by atoms with Crippen LogP contribution < -0.4 is 20.6 Å². The Hall–Kier alpha value is -2.67. The fourth-order valence-corrected chi connectivity index (χ4v) is 1.88. The van der Waals surface area contributed by atoms with Gasteiger partial charge in [-0.05, 0) is 42.0 Å². The summed E-state index contributed by atoms with van der Waals surface area (Å²) >= 11 is 4.65. The Morgan fingerprint density at radius 3 is 2.78 bits per heavy atom. The second-order valence-corrected chi connectivity index (χ2v) is 4.96. The first kappa shape index (κ1) is 16.7. The average molecular weight is 333 g/mol. The Morgan fingerprint density at radius 2 is 2.09 bits per heavy atom. The molecule has 5 nitrogen and oxygen atoms in total. The molecule has 0 aliphatic rings. The molecule has 0 saturated heterocycles. The van der Waals surface area contributed by atoms with Crippen molar-refractivity contribution in [1.29, 1.82) is 0 Å². The largest absolute Gasteiger partial charge is 0.493 e. The Kier molecular flexibility index (Phi) is 5.87. The summed E-state index contributed by atoms with van der Waals surface area (Å²) in [5.74, 6) is 0.717. The Morgan fingerprint density at radius 1 is 1.30 bits per heavy atom. The minimum Gasteiger partial charge on any atom is -0.493 e. The van der Waals surface area contributed by atoms with Crippen LogP contribution >= 0.6 is 12.2 Å². The molecule has 0 aliphatic heterocycles. The minimum atomic E-state index is -0.306. The smallest absolute Gasteiger partial charge is 0.184 e. The van der Waals surface area contributed by atoms with Crippen molar-refractivity contribution < 1.29 is 13.9 Å². The van der Waals surface area contributed by atoms with Crippen molar-refractivity contribution in [2.24, 2.45) is 10.8 Å². The zero-order chi connectivity index (χ0) is 16.7. The highest BCUT2D eigenvalue weighted by Gasteiger charge is 2.07. The van der Waals surface area contributed by atoms with Gasteiger partial charge in [-0.2, -0.15) is 5.10 Å². The molecular weight excluding hydrogens is 317 g/mol. The van der Waals surface area contributed by atoms with Crippen molar-refractivity contribution >= 4 is 23.5 Å². The van der Waals surface area contributed by atoms with Crippen molar-refractivity contribution in [2.75, 3.05) is 7.11 Å². The number of nitrogens with one attached hydrogen (secondary N) is 1. The van der Waals surface area contributed by atoms with Crippen molar-refractivity contribution in [3.05, 3.63) is 59.4 Å².